The van der Waals surface area contributed by atoms with E-state index in [0.717, 1.165) is 4.88 Å². The van der Waals surface area contributed by atoms with Crippen LogP contribution < -0.4 is 0 Å². The van der Waals surface area contributed by atoms with Crippen molar-refractivity contribution in [3.8, 4) is 0 Å². The zero-order valence-corrected chi connectivity index (χ0v) is 10.0. The monoisotopic (exact) mass is 214 g/mol. The first-order chi connectivity index (χ1) is 5.98. The molecule has 0 bridgehead atoms. The van der Waals surface area contributed by atoms with Gasteiger partial charge in [0, 0.05) is 4.88 Å². The molecular formula is C10H14OS2. The third-order valence-electron chi connectivity index (χ3n) is 2.28. The average Bonchev–Trinajstić information content (AvgIpc) is 2.51. The Labute approximate surface area is 87.5 Å². The van der Waals surface area contributed by atoms with E-state index in [1.54, 1.807) is 30.0 Å². The molecule has 0 atom stereocenters. The second-order valence-corrected chi connectivity index (χ2v) is 5.69. The molecule has 1 aromatic rings. The summed E-state index contributed by atoms with van der Waals surface area (Å²) in [6.45, 7) is 5.61. The number of carbonyl (C=O) groups excluding carboxylic acids is 1. The predicted molar refractivity (Wildman–Crippen MR) is 59.8 cm³/mol. The minimum atomic E-state index is -0.321. The molecule has 0 saturated heterocycles. The van der Waals surface area contributed by atoms with Crippen LogP contribution in [0.5, 0.6) is 0 Å². The zero-order chi connectivity index (χ0) is 10.1. The summed E-state index contributed by atoms with van der Waals surface area (Å²) in [5, 5.41) is 0. The van der Waals surface area contributed by atoms with Gasteiger partial charge in [0.05, 0.1) is 9.62 Å². The molecule has 0 saturated carbocycles. The van der Waals surface area contributed by atoms with Gasteiger partial charge in [-0.2, -0.15) is 0 Å². The van der Waals surface area contributed by atoms with Gasteiger partial charge >= 0.3 is 0 Å². The molecule has 0 unspecified atom stereocenters. The molecule has 3 heteroatoms. The summed E-state index contributed by atoms with van der Waals surface area (Å²) in [5.41, 5.74) is -0.321. The lowest BCUT2D eigenvalue weighted by Crippen LogP contribution is -2.24. The number of thiophene rings is 1. The molecule has 0 aromatic carbocycles. The Bertz CT molecular complexity index is 312. The van der Waals surface area contributed by atoms with Gasteiger partial charge in [0.1, 0.15) is 5.78 Å². The van der Waals surface area contributed by atoms with E-state index in [9.17, 15) is 4.79 Å². The van der Waals surface area contributed by atoms with Gasteiger partial charge < -0.3 is 0 Å². The summed E-state index contributed by atoms with van der Waals surface area (Å²) in [6.07, 6.45) is 2.05. The highest BCUT2D eigenvalue weighted by Crippen LogP contribution is 2.34. The highest BCUT2D eigenvalue weighted by Gasteiger charge is 2.27. The lowest BCUT2D eigenvalue weighted by Gasteiger charge is -2.18. The summed E-state index contributed by atoms with van der Waals surface area (Å²) in [5.74, 6) is 0.224. The van der Waals surface area contributed by atoms with Gasteiger partial charge in [0.25, 0.3) is 0 Å². The van der Waals surface area contributed by atoms with E-state index in [1.165, 1.54) is 4.21 Å². The minimum Gasteiger partial charge on any atom is -0.299 e. The van der Waals surface area contributed by atoms with Crippen LogP contribution >= 0.6 is 23.1 Å². The number of Topliss-reactive ketones (excluding diaryl/α,β-unsaturated/α-hetero) is 1. The van der Waals surface area contributed by atoms with E-state index in [0.29, 0.717) is 0 Å². The number of hydrogen-bond acceptors (Lipinski definition) is 3. The summed E-state index contributed by atoms with van der Waals surface area (Å²) in [4.78, 5) is 12.5. The van der Waals surface area contributed by atoms with E-state index in [1.807, 2.05) is 13.8 Å². The molecule has 0 aliphatic carbocycles. The molecule has 0 amide bonds. The standard InChI is InChI=1S/C10H14OS2/c1-7(11)10(2,3)8-5-6-9(12-4)13-8/h5-6H,1-4H3. The maximum atomic E-state index is 11.4. The van der Waals surface area contributed by atoms with Crippen molar-refractivity contribution < 1.29 is 4.79 Å². The summed E-state index contributed by atoms with van der Waals surface area (Å²) in [6, 6.07) is 4.13. The Morgan fingerprint density at radius 1 is 1.46 bits per heavy atom. The Balaban J connectivity index is 3.00. The smallest absolute Gasteiger partial charge is 0.140 e. The van der Waals surface area contributed by atoms with Crippen LogP contribution in [0.15, 0.2) is 16.3 Å². The molecule has 1 aromatic heterocycles. The van der Waals surface area contributed by atoms with Crippen LogP contribution in [-0.4, -0.2) is 12.0 Å². The summed E-state index contributed by atoms with van der Waals surface area (Å²) in [7, 11) is 0. The van der Waals surface area contributed by atoms with Gasteiger partial charge in [0.15, 0.2) is 0 Å². The predicted octanol–water partition coefficient (Wildman–Crippen LogP) is 3.34. The van der Waals surface area contributed by atoms with Crippen molar-refractivity contribution in [2.75, 3.05) is 6.26 Å². The Kier molecular flexibility index (Phi) is 3.19. The van der Waals surface area contributed by atoms with Crippen molar-refractivity contribution in [2.45, 2.75) is 30.4 Å². The third kappa shape index (κ3) is 2.15. The second kappa shape index (κ2) is 3.84. The number of ketones is 1. The van der Waals surface area contributed by atoms with Gasteiger partial charge in [-0.15, -0.1) is 23.1 Å². The fraction of sp³-hybridized carbons (Fsp3) is 0.500. The highest BCUT2D eigenvalue weighted by molar-refractivity contribution is 8.00. The quantitative estimate of drug-likeness (QED) is 0.718. The number of thioether (sulfide) groups is 1. The van der Waals surface area contributed by atoms with E-state index in [2.05, 4.69) is 18.4 Å². The largest absolute Gasteiger partial charge is 0.299 e. The van der Waals surface area contributed by atoms with E-state index >= 15 is 0 Å². The summed E-state index contributed by atoms with van der Waals surface area (Å²) >= 11 is 3.43. The number of rotatable bonds is 3. The van der Waals surface area contributed by atoms with Crippen molar-refractivity contribution in [3.63, 3.8) is 0 Å². The molecule has 13 heavy (non-hydrogen) atoms. The molecule has 1 nitrogen and oxygen atoms in total. The van der Waals surface area contributed by atoms with Gasteiger partial charge in [-0.05, 0) is 39.2 Å². The van der Waals surface area contributed by atoms with E-state index < -0.39 is 0 Å². The first-order valence-corrected chi connectivity index (χ1v) is 6.18. The first-order valence-electron chi connectivity index (χ1n) is 4.14. The normalized spacial score (nSPS) is 11.7. The maximum Gasteiger partial charge on any atom is 0.140 e. The van der Waals surface area contributed by atoms with Gasteiger partial charge in [0.2, 0.25) is 0 Å². The average molecular weight is 214 g/mol. The van der Waals surface area contributed by atoms with Crippen LogP contribution in [0.25, 0.3) is 0 Å². The van der Waals surface area contributed by atoms with Crippen LogP contribution in [0, 0.1) is 0 Å². The van der Waals surface area contributed by atoms with Crippen LogP contribution in [0.4, 0.5) is 0 Å². The van der Waals surface area contributed by atoms with Crippen LogP contribution in [-0.2, 0) is 10.2 Å². The zero-order valence-electron chi connectivity index (χ0n) is 8.38. The van der Waals surface area contributed by atoms with Crippen molar-refractivity contribution in [1.82, 2.24) is 0 Å². The second-order valence-electron chi connectivity index (χ2n) is 3.50. The number of hydrogen-bond donors (Lipinski definition) is 0. The molecule has 0 aliphatic heterocycles. The first kappa shape index (κ1) is 10.8. The lowest BCUT2D eigenvalue weighted by molar-refractivity contribution is -0.121. The fourth-order valence-corrected chi connectivity index (χ4v) is 2.63. The lowest BCUT2D eigenvalue weighted by atomic mass is 9.87. The fourth-order valence-electron chi connectivity index (χ4n) is 0.939. The van der Waals surface area contributed by atoms with E-state index in [4.69, 9.17) is 0 Å². The topological polar surface area (TPSA) is 17.1 Å². The number of carbonyl (C=O) groups is 1. The van der Waals surface area contributed by atoms with Crippen LogP contribution in [0.2, 0.25) is 0 Å². The molecule has 0 fully saturated rings. The summed E-state index contributed by atoms with van der Waals surface area (Å²) < 4.78 is 1.27. The van der Waals surface area contributed by atoms with E-state index in [-0.39, 0.29) is 11.2 Å². The Morgan fingerprint density at radius 3 is 2.46 bits per heavy atom. The molecule has 0 spiro atoms. The van der Waals surface area contributed by atoms with Crippen molar-refractivity contribution in [2.24, 2.45) is 0 Å². The van der Waals surface area contributed by atoms with Crippen molar-refractivity contribution in [1.29, 1.82) is 0 Å². The Morgan fingerprint density at radius 2 is 2.08 bits per heavy atom. The van der Waals surface area contributed by atoms with Crippen LogP contribution in [0.1, 0.15) is 25.6 Å². The molecule has 1 heterocycles. The van der Waals surface area contributed by atoms with Crippen LogP contribution in [0.3, 0.4) is 0 Å². The molecule has 0 N–H and O–H groups in total. The molecule has 0 aliphatic rings. The van der Waals surface area contributed by atoms with Gasteiger partial charge in [-0.1, -0.05) is 0 Å². The molecule has 0 radical (unpaired) electrons. The van der Waals surface area contributed by atoms with Gasteiger partial charge in [-0.3, -0.25) is 4.79 Å². The molecular weight excluding hydrogens is 200 g/mol. The van der Waals surface area contributed by atoms with Crippen molar-refractivity contribution in [3.05, 3.63) is 17.0 Å². The SMILES string of the molecule is CSc1ccc(C(C)(C)C(C)=O)s1. The minimum absolute atomic E-state index is 0.224. The Hall–Kier alpha value is -0.280. The maximum absolute atomic E-state index is 11.4. The van der Waals surface area contributed by atoms with Crippen molar-refractivity contribution >= 4 is 28.9 Å². The molecule has 72 valence electrons. The third-order valence-corrected chi connectivity index (χ3v) is 4.77. The highest BCUT2D eigenvalue weighted by atomic mass is 32.2. The molecule has 1 rings (SSSR count). The van der Waals surface area contributed by atoms with Gasteiger partial charge in [-0.25, -0.2) is 0 Å².